The van der Waals surface area contributed by atoms with Gasteiger partial charge in [-0.3, -0.25) is 0 Å². The number of hydrogen-bond acceptors (Lipinski definition) is 2. The summed E-state index contributed by atoms with van der Waals surface area (Å²) in [5, 5.41) is 2.17. The Hall–Kier alpha value is -0.340. The zero-order valence-corrected chi connectivity index (χ0v) is 11.1. The fraction of sp³-hybridized carbons (Fsp3) is 0.714. The molecule has 0 bridgehead atoms. The molecule has 1 fully saturated rings. The first kappa shape index (κ1) is 12.1. The third kappa shape index (κ3) is 2.67. The summed E-state index contributed by atoms with van der Waals surface area (Å²) in [5.41, 5.74) is 6.49. The van der Waals surface area contributed by atoms with Gasteiger partial charge >= 0.3 is 0 Å². The molecule has 1 heterocycles. The van der Waals surface area contributed by atoms with Gasteiger partial charge in [-0.15, -0.1) is 11.3 Å². The summed E-state index contributed by atoms with van der Waals surface area (Å²) in [6.45, 7) is 3.20. The van der Waals surface area contributed by atoms with Gasteiger partial charge in [0, 0.05) is 4.88 Å². The molecule has 1 saturated carbocycles. The van der Waals surface area contributed by atoms with Crippen LogP contribution in [0.5, 0.6) is 0 Å². The van der Waals surface area contributed by atoms with Crippen LogP contribution < -0.4 is 5.73 Å². The minimum atomic E-state index is 0.463. The first-order valence-electron chi connectivity index (χ1n) is 6.50. The molecule has 90 valence electrons. The van der Waals surface area contributed by atoms with E-state index in [1.807, 2.05) is 11.3 Å². The topological polar surface area (TPSA) is 26.0 Å². The predicted octanol–water partition coefficient (Wildman–Crippen LogP) is 3.84. The molecule has 0 aliphatic heterocycles. The molecular formula is C14H23NS. The summed E-state index contributed by atoms with van der Waals surface area (Å²) < 4.78 is 0. The quantitative estimate of drug-likeness (QED) is 0.827. The van der Waals surface area contributed by atoms with Crippen molar-refractivity contribution < 1.29 is 0 Å². The lowest BCUT2D eigenvalue weighted by Crippen LogP contribution is -2.28. The second-order valence-corrected chi connectivity index (χ2v) is 6.33. The van der Waals surface area contributed by atoms with Crippen molar-refractivity contribution in [3.63, 3.8) is 0 Å². The van der Waals surface area contributed by atoms with E-state index in [4.69, 9.17) is 5.73 Å². The van der Waals surface area contributed by atoms with Gasteiger partial charge in [-0.05, 0) is 61.4 Å². The fourth-order valence-electron chi connectivity index (χ4n) is 3.03. The van der Waals surface area contributed by atoms with Crippen LogP contribution in [-0.2, 0) is 6.42 Å². The minimum absolute atomic E-state index is 0.463. The van der Waals surface area contributed by atoms with Crippen molar-refractivity contribution in [1.29, 1.82) is 0 Å². The molecule has 0 aromatic carbocycles. The maximum atomic E-state index is 6.03. The van der Waals surface area contributed by atoms with Gasteiger partial charge < -0.3 is 5.73 Å². The highest BCUT2D eigenvalue weighted by atomic mass is 32.1. The van der Waals surface area contributed by atoms with Crippen LogP contribution in [0.15, 0.2) is 17.5 Å². The van der Waals surface area contributed by atoms with E-state index in [2.05, 4.69) is 24.4 Å². The molecule has 2 rings (SSSR count). The zero-order chi connectivity index (χ0) is 11.4. The lowest BCUT2D eigenvalue weighted by atomic mass is 9.80. The summed E-state index contributed by atoms with van der Waals surface area (Å²) in [6, 6.07) is 4.40. The molecule has 2 atom stereocenters. The molecule has 1 aromatic heterocycles. The molecule has 1 aliphatic rings. The maximum absolute atomic E-state index is 6.03. The highest BCUT2D eigenvalue weighted by molar-refractivity contribution is 7.09. The van der Waals surface area contributed by atoms with Crippen LogP contribution in [0.25, 0.3) is 0 Å². The van der Waals surface area contributed by atoms with E-state index in [0.29, 0.717) is 5.41 Å². The Labute approximate surface area is 103 Å². The Bertz CT molecular complexity index is 307. The van der Waals surface area contributed by atoms with Crippen molar-refractivity contribution in [3.05, 3.63) is 22.4 Å². The summed E-state index contributed by atoms with van der Waals surface area (Å²) in [6.07, 6.45) is 7.98. The smallest absolute Gasteiger partial charge is 0.00454 e. The van der Waals surface area contributed by atoms with Crippen molar-refractivity contribution in [2.45, 2.75) is 45.4 Å². The summed E-state index contributed by atoms with van der Waals surface area (Å²) in [7, 11) is 0. The second-order valence-electron chi connectivity index (χ2n) is 5.30. The SMILES string of the molecule is CCC1CCC(CN)(CCc2cccs2)C1. The standard InChI is InChI=1S/C14H23NS/c1-2-12-5-7-14(10-12,11-15)8-6-13-4-3-9-16-13/h3-4,9,12H,2,5-8,10-11,15H2,1H3. The van der Waals surface area contributed by atoms with Gasteiger partial charge in [-0.2, -0.15) is 0 Å². The van der Waals surface area contributed by atoms with Crippen molar-refractivity contribution >= 4 is 11.3 Å². The Morgan fingerprint density at radius 1 is 1.56 bits per heavy atom. The minimum Gasteiger partial charge on any atom is -0.330 e. The van der Waals surface area contributed by atoms with Crippen LogP contribution in [0, 0.1) is 11.3 Å². The van der Waals surface area contributed by atoms with Gasteiger partial charge in [0.1, 0.15) is 0 Å². The van der Waals surface area contributed by atoms with E-state index in [9.17, 15) is 0 Å². The van der Waals surface area contributed by atoms with E-state index < -0.39 is 0 Å². The molecule has 0 amide bonds. The molecule has 1 aliphatic carbocycles. The lowest BCUT2D eigenvalue weighted by molar-refractivity contribution is 0.270. The first-order valence-corrected chi connectivity index (χ1v) is 7.38. The zero-order valence-electron chi connectivity index (χ0n) is 10.2. The Morgan fingerprint density at radius 3 is 3.00 bits per heavy atom. The molecule has 0 radical (unpaired) electrons. The van der Waals surface area contributed by atoms with Crippen molar-refractivity contribution in [2.24, 2.45) is 17.1 Å². The maximum Gasteiger partial charge on any atom is 0.00454 e. The van der Waals surface area contributed by atoms with Crippen molar-refractivity contribution in [3.8, 4) is 0 Å². The van der Waals surface area contributed by atoms with Crippen LogP contribution >= 0.6 is 11.3 Å². The van der Waals surface area contributed by atoms with Gasteiger partial charge in [-0.25, -0.2) is 0 Å². The third-order valence-electron chi connectivity index (χ3n) is 4.30. The van der Waals surface area contributed by atoms with E-state index >= 15 is 0 Å². The van der Waals surface area contributed by atoms with Crippen LogP contribution in [0.2, 0.25) is 0 Å². The van der Waals surface area contributed by atoms with Crippen LogP contribution in [0.4, 0.5) is 0 Å². The van der Waals surface area contributed by atoms with Gasteiger partial charge in [0.25, 0.3) is 0 Å². The largest absolute Gasteiger partial charge is 0.330 e. The van der Waals surface area contributed by atoms with Gasteiger partial charge in [0.05, 0.1) is 0 Å². The molecule has 2 N–H and O–H groups in total. The molecule has 0 spiro atoms. The number of nitrogens with two attached hydrogens (primary N) is 1. The average molecular weight is 237 g/mol. The molecule has 1 aromatic rings. The molecule has 0 saturated heterocycles. The third-order valence-corrected chi connectivity index (χ3v) is 5.23. The van der Waals surface area contributed by atoms with Crippen molar-refractivity contribution in [1.82, 2.24) is 0 Å². The molecule has 1 nitrogen and oxygen atoms in total. The molecule has 16 heavy (non-hydrogen) atoms. The van der Waals surface area contributed by atoms with Gasteiger partial charge in [-0.1, -0.05) is 19.4 Å². The molecule has 2 heteroatoms. The summed E-state index contributed by atoms with van der Waals surface area (Å²) in [5.74, 6) is 0.937. The monoisotopic (exact) mass is 237 g/mol. The number of aryl methyl sites for hydroxylation is 1. The Kier molecular flexibility index (Phi) is 4.04. The van der Waals surface area contributed by atoms with E-state index in [0.717, 1.165) is 12.5 Å². The molecular weight excluding hydrogens is 214 g/mol. The normalized spacial score (nSPS) is 29.8. The van der Waals surface area contributed by atoms with E-state index in [1.165, 1.54) is 43.4 Å². The predicted molar refractivity (Wildman–Crippen MR) is 71.8 cm³/mol. The highest BCUT2D eigenvalue weighted by Crippen LogP contribution is 2.45. The van der Waals surface area contributed by atoms with Gasteiger partial charge in [0.15, 0.2) is 0 Å². The number of rotatable bonds is 5. The molecule has 2 unspecified atom stereocenters. The van der Waals surface area contributed by atoms with Crippen LogP contribution in [-0.4, -0.2) is 6.54 Å². The number of hydrogen-bond donors (Lipinski definition) is 1. The second kappa shape index (κ2) is 5.33. The average Bonchev–Trinajstić information content (AvgIpc) is 2.96. The summed E-state index contributed by atoms with van der Waals surface area (Å²) >= 11 is 1.88. The first-order chi connectivity index (χ1) is 7.78. The Morgan fingerprint density at radius 2 is 2.44 bits per heavy atom. The van der Waals surface area contributed by atoms with Crippen LogP contribution in [0.1, 0.15) is 43.9 Å². The van der Waals surface area contributed by atoms with E-state index in [-0.39, 0.29) is 0 Å². The number of thiophene rings is 1. The lowest BCUT2D eigenvalue weighted by Gasteiger charge is -2.27. The van der Waals surface area contributed by atoms with E-state index in [1.54, 1.807) is 0 Å². The van der Waals surface area contributed by atoms with Gasteiger partial charge in [0.2, 0.25) is 0 Å². The highest BCUT2D eigenvalue weighted by Gasteiger charge is 2.36. The summed E-state index contributed by atoms with van der Waals surface area (Å²) in [4.78, 5) is 1.52. The fourth-order valence-corrected chi connectivity index (χ4v) is 3.74. The Balaban J connectivity index is 1.90. The van der Waals surface area contributed by atoms with Crippen LogP contribution in [0.3, 0.4) is 0 Å². The van der Waals surface area contributed by atoms with Crippen molar-refractivity contribution in [2.75, 3.05) is 6.54 Å².